The second kappa shape index (κ2) is 4.34. The van der Waals surface area contributed by atoms with E-state index < -0.39 is 11.5 Å². The van der Waals surface area contributed by atoms with Gasteiger partial charge in [0.1, 0.15) is 5.54 Å². The second-order valence-corrected chi connectivity index (χ2v) is 6.29. The number of carboxylic acids is 1. The van der Waals surface area contributed by atoms with Gasteiger partial charge in [0.15, 0.2) is 0 Å². The highest BCUT2D eigenvalue weighted by Gasteiger charge is 2.54. The summed E-state index contributed by atoms with van der Waals surface area (Å²) < 4.78 is 1.01. The van der Waals surface area contributed by atoms with Crippen LogP contribution in [0.1, 0.15) is 30.7 Å². The van der Waals surface area contributed by atoms with Crippen LogP contribution in [0.15, 0.2) is 28.7 Å². The molecule has 2 aliphatic carbocycles. The summed E-state index contributed by atoms with van der Waals surface area (Å²) in [5, 5.41) is 11.7. The molecule has 4 nitrogen and oxygen atoms in total. The first-order valence-corrected chi connectivity index (χ1v) is 7.12. The second-order valence-electron chi connectivity index (χ2n) is 5.38. The van der Waals surface area contributed by atoms with Crippen molar-refractivity contribution in [2.24, 2.45) is 5.92 Å². The minimum Gasteiger partial charge on any atom is -0.480 e. The van der Waals surface area contributed by atoms with Gasteiger partial charge in [0, 0.05) is 10.4 Å². The molecule has 2 fully saturated rings. The molecule has 0 aliphatic heterocycles. The molecule has 5 heteroatoms. The van der Waals surface area contributed by atoms with Gasteiger partial charge in [-0.2, -0.15) is 0 Å². The molecule has 0 bridgehead atoms. The summed E-state index contributed by atoms with van der Waals surface area (Å²) in [5.41, 5.74) is 0.174. The first kappa shape index (κ1) is 12.7. The molecule has 2 aliphatic rings. The van der Waals surface area contributed by atoms with Crippen LogP contribution >= 0.6 is 15.9 Å². The van der Waals surface area contributed by atoms with Crippen molar-refractivity contribution in [1.29, 1.82) is 0 Å². The molecular weight excluding hydrogens is 310 g/mol. The predicted octanol–water partition coefficient (Wildman–Crippen LogP) is 2.29. The molecular formula is C14H14BrNO3. The van der Waals surface area contributed by atoms with E-state index >= 15 is 0 Å². The lowest BCUT2D eigenvalue weighted by Gasteiger charge is -2.12. The first-order chi connectivity index (χ1) is 9.02. The van der Waals surface area contributed by atoms with Crippen LogP contribution in [0.5, 0.6) is 0 Å². The van der Waals surface area contributed by atoms with Gasteiger partial charge in [-0.15, -0.1) is 0 Å². The van der Waals surface area contributed by atoms with Crippen molar-refractivity contribution in [3.63, 3.8) is 0 Å². The van der Waals surface area contributed by atoms with Gasteiger partial charge in [-0.05, 0) is 42.9 Å². The molecule has 1 amide bonds. The molecule has 0 aromatic heterocycles. The third-order valence-corrected chi connectivity index (χ3v) is 4.48. The third kappa shape index (κ3) is 2.39. The zero-order valence-electron chi connectivity index (χ0n) is 10.2. The number of rotatable bonds is 4. The molecule has 1 aromatic carbocycles. The van der Waals surface area contributed by atoms with E-state index in [1.54, 1.807) is 0 Å². The largest absolute Gasteiger partial charge is 0.480 e. The molecule has 0 radical (unpaired) electrons. The number of carboxylic acid groups (broad SMARTS) is 1. The van der Waals surface area contributed by atoms with Gasteiger partial charge in [0.2, 0.25) is 5.91 Å². The summed E-state index contributed by atoms with van der Waals surface area (Å²) in [6.07, 6.45) is 1.90. The van der Waals surface area contributed by atoms with Crippen LogP contribution in [0.2, 0.25) is 0 Å². The Morgan fingerprint density at radius 2 is 1.89 bits per heavy atom. The Balaban J connectivity index is 1.62. The van der Waals surface area contributed by atoms with E-state index in [0.717, 1.165) is 16.5 Å². The van der Waals surface area contributed by atoms with Crippen molar-refractivity contribution in [3.05, 3.63) is 34.3 Å². The topological polar surface area (TPSA) is 66.4 Å². The molecule has 3 rings (SSSR count). The van der Waals surface area contributed by atoms with Gasteiger partial charge in [0.05, 0.1) is 0 Å². The quantitative estimate of drug-likeness (QED) is 0.893. The van der Waals surface area contributed by atoms with E-state index in [1.807, 2.05) is 24.3 Å². The lowest BCUT2D eigenvalue weighted by molar-refractivity contribution is -0.143. The maximum atomic E-state index is 12.0. The Morgan fingerprint density at radius 1 is 1.26 bits per heavy atom. The fourth-order valence-electron chi connectivity index (χ4n) is 2.41. The fraction of sp³-hybridized carbons (Fsp3) is 0.429. The molecule has 100 valence electrons. The fourth-order valence-corrected chi connectivity index (χ4v) is 2.67. The molecule has 1 aromatic rings. The Morgan fingerprint density at radius 3 is 2.42 bits per heavy atom. The minimum atomic E-state index is -0.968. The number of halogens is 1. The number of hydrogen-bond acceptors (Lipinski definition) is 2. The summed E-state index contributed by atoms with van der Waals surface area (Å²) in [6, 6.07) is 7.93. The first-order valence-electron chi connectivity index (χ1n) is 6.33. The third-order valence-electron chi connectivity index (χ3n) is 3.95. The van der Waals surface area contributed by atoms with Crippen molar-refractivity contribution >= 4 is 27.8 Å². The van der Waals surface area contributed by atoms with E-state index in [2.05, 4.69) is 21.2 Å². The van der Waals surface area contributed by atoms with Crippen molar-refractivity contribution in [3.8, 4) is 0 Å². The Labute approximate surface area is 119 Å². The number of nitrogens with one attached hydrogen (secondary N) is 1. The van der Waals surface area contributed by atoms with Gasteiger partial charge < -0.3 is 10.4 Å². The van der Waals surface area contributed by atoms with Crippen LogP contribution in [0, 0.1) is 5.92 Å². The summed E-state index contributed by atoms with van der Waals surface area (Å²) in [5.74, 6) is -0.870. The highest BCUT2D eigenvalue weighted by molar-refractivity contribution is 9.10. The summed E-state index contributed by atoms with van der Waals surface area (Å²) >= 11 is 3.38. The van der Waals surface area contributed by atoms with Gasteiger partial charge in [-0.3, -0.25) is 4.79 Å². The van der Waals surface area contributed by atoms with Crippen LogP contribution in [0.3, 0.4) is 0 Å². The van der Waals surface area contributed by atoms with Crippen LogP contribution < -0.4 is 5.32 Å². The Hall–Kier alpha value is -1.36. The maximum Gasteiger partial charge on any atom is 0.329 e. The van der Waals surface area contributed by atoms with Crippen LogP contribution in [-0.2, 0) is 9.59 Å². The van der Waals surface area contributed by atoms with E-state index in [4.69, 9.17) is 5.11 Å². The number of amides is 1. The van der Waals surface area contributed by atoms with Crippen molar-refractivity contribution in [1.82, 2.24) is 5.32 Å². The van der Waals surface area contributed by atoms with E-state index in [-0.39, 0.29) is 17.7 Å². The van der Waals surface area contributed by atoms with Crippen molar-refractivity contribution in [2.45, 2.75) is 30.7 Å². The Bertz CT molecular complexity index is 536. The summed E-state index contributed by atoms with van der Waals surface area (Å²) in [7, 11) is 0. The molecule has 2 saturated carbocycles. The van der Waals surface area contributed by atoms with Crippen molar-refractivity contribution in [2.75, 3.05) is 0 Å². The van der Waals surface area contributed by atoms with E-state index in [1.165, 1.54) is 0 Å². The normalized spacial score (nSPS) is 26.6. The van der Waals surface area contributed by atoms with Gasteiger partial charge in [0.25, 0.3) is 0 Å². The molecule has 0 saturated heterocycles. The number of benzene rings is 1. The zero-order valence-corrected chi connectivity index (χ0v) is 11.8. The average Bonchev–Trinajstić information content (AvgIpc) is 3.24. The molecule has 2 atom stereocenters. The lowest BCUT2D eigenvalue weighted by Crippen LogP contribution is -2.43. The number of hydrogen-bond donors (Lipinski definition) is 2. The van der Waals surface area contributed by atoms with Crippen LogP contribution in [0.4, 0.5) is 0 Å². The van der Waals surface area contributed by atoms with E-state index in [0.29, 0.717) is 12.8 Å². The summed E-state index contributed by atoms with van der Waals surface area (Å²) in [4.78, 5) is 23.1. The smallest absolute Gasteiger partial charge is 0.329 e. The average molecular weight is 324 g/mol. The van der Waals surface area contributed by atoms with Gasteiger partial charge in [-0.1, -0.05) is 28.1 Å². The molecule has 0 spiro atoms. The van der Waals surface area contributed by atoms with Gasteiger partial charge in [-0.25, -0.2) is 4.79 Å². The molecule has 0 heterocycles. The lowest BCUT2D eigenvalue weighted by atomic mass is 10.1. The van der Waals surface area contributed by atoms with Gasteiger partial charge >= 0.3 is 5.97 Å². The highest BCUT2D eigenvalue weighted by atomic mass is 79.9. The monoisotopic (exact) mass is 323 g/mol. The van der Waals surface area contributed by atoms with Crippen molar-refractivity contribution < 1.29 is 14.7 Å². The van der Waals surface area contributed by atoms with Crippen LogP contribution in [-0.4, -0.2) is 22.5 Å². The minimum absolute atomic E-state index is 0.0713. The summed E-state index contributed by atoms with van der Waals surface area (Å²) in [6.45, 7) is 0. The number of carbonyl (C=O) groups is 2. The van der Waals surface area contributed by atoms with E-state index in [9.17, 15) is 9.59 Å². The molecule has 19 heavy (non-hydrogen) atoms. The maximum absolute atomic E-state index is 12.0. The predicted molar refractivity (Wildman–Crippen MR) is 72.7 cm³/mol. The zero-order chi connectivity index (χ0) is 13.6. The highest BCUT2D eigenvalue weighted by Crippen LogP contribution is 2.48. The number of carbonyl (C=O) groups excluding carboxylic acids is 1. The standard InChI is InChI=1S/C14H14BrNO3/c15-9-3-1-8(2-4-9)10-7-11(10)12(17)16-14(5-6-14)13(18)19/h1-4,10-11H,5-7H2,(H,16,17)(H,18,19). The Kier molecular flexibility index (Phi) is 2.89. The SMILES string of the molecule is O=C(NC1(C(=O)O)CC1)C1CC1c1ccc(Br)cc1. The van der Waals surface area contributed by atoms with Crippen LogP contribution in [0.25, 0.3) is 0 Å². The molecule has 2 unspecified atom stereocenters. The molecule has 2 N–H and O–H groups in total. The number of aliphatic carboxylic acids is 1.